The fraction of sp³-hybridized carbons (Fsp3) is 0.769. The highest BCUT2D eigenvalue weighted by Crippen LogP contribution is 2.28. The molecule has 4 heteroatoms. The van der Waals surface area contributed by atoms with Crippen LogP contribution in [0.15, 0.2) is 5.03 Å². The summed E-state index contributed by atoms with van der Waals surface area (Å²) in [6, 6.07) is 0.195. The molecule has 0 aliphatic carbocycles. The van der Waals surface area contributed by atoms with Crippen LogP contribution >= 0.6 is 11.8 Å². The van der Waals surface area contributed by atoms with Crippen molar-refractivity contribution in [2.75, 3.05) is 5.75 Å². The standard InChI is InChI=1S/C13H25N3S/c1-6-9(2)8-17-13-12(7-10(3)14)11(4)15-16(13)5/h9-10H,6-8,14H2,1-5H3. The maximum atomic E-state index is 5.91. The van der Waals surface area contributed by atoms with Crippen LogP contribution in [0.5, 0.6) is 0 Å². The Morgan fingerprint density at radius 2 is 2.06 bits per heavy atom. The predicted molar refractivity (Wildman–Crippen MR) is 75.5 cm³/mol. The number of hydrogen-bond donors (Lipinski definition) is 1. The second kappa shape index (κ2) is 6.45. The van der Waals surface area contributed by atoms with Crippen LogP contribution in [0.1, 0.15) is 38.4 Å². The molecule has 1 aromatic heterocycles. The molecule has 2 N–H and O–H groups in total. The summed E-state index contributed by atoms with van der Waals surface area (Å²) in [5.74, 6) is 1.90. The Hall–Kier alpha value is -0.480. The van der Waals surface area contributed by atoms with E-state index in [2.05, 4.69) is 32.8 Å². The molecule has 0 aliphatic heterocycles. The Labute approximate surface area is 109 Å². The highest BCUT2D eigenvalue weighted by Gasteiger charge is 2.15. The molecule has 0 bridgehead atoms. The summed E-state index contributed by atoms with van der Waals surface area (Å²) in [7, 11) is 2.02. The van der Waals surface area contributed by atoms with Crippen LogP contribution < -0.4 is 5.73 Å². The second-order valence-corrected chi connectivity index (χ2v) is 6.01. The van der Waals surface area contributed by atoms with Gasteiger partial charge in [0.25, 0.3) is 0 Å². The first-order valence-electron chi connectivity index (χ1n) is 6.36. The molecule has 98 valence electrons. The van der Waals surface area contributed by atoms with E-state index in [1.54, 1.807) is 0 Å². The molecule has 0 fully saturated rings. The van der Waals surface area contributed by atoms with E-state index in [1.165, 1.54) is 17.0 Å². The number of hydrogen-bond acceptors (Lipinski definition) is 3. The Morgan fingerprint density at radius 3 is 2.59 bits per heavy atom. The van der Waals surface area contributed by atoms with Gasteiger partial charge in [-0.25, -0.2) is 0 Å². The molecule has 0 saturated carbocycles. The van der Waals surface area contributed by atoms with E-state index >= 15 is 0 Å². The summed E-state index contributed by atoms with van der Waals surface area (Å²) in [5.41, 5.74) is 8.36. The lowest BCUT2D eigenvalue weighted by molar-refractivity contribution is 0.631. The van der Waals surface area contributed by atoms with Crippen LogP contribution in [0.3, 0.4) is 0 Å². The summed E-state index contributed by atoms with van der Waals surface area (Å²) < 4.78 is 2.00. The zero-order chi connectivity index (χ0) is 13.0. The van der Waals surface area contributed by atoms with E-state index in [1.807, 2.05) is 23.5 Å². The number of aromatic nitrogens is 2. The van der Waals surface area contributed by atoms with Gasteiger partial charge in [0.1, 0.15) is 0 Å². The van der Waals surface area contributed by atoms with E-state index in [0.29, 0.717) is 0 Å². The molecule has 0 spiro atoms. The van der Waals surface area contributed by atoms with Crippen molar-refractivity contribution >= 4 is 11.8 Å². The molecular formula is C13H25N3S. The number of aryl methyl sites for hydroxylation is 2. The van der Waals surface area contributed by atoms with Crippen molar-refractivity contribution in [3.8, 4) is 0 Å². The first kappa shape index (κ1) is 14.6. The normalized spacial score (nSPS) is 14.9. The van der Waals surface area contributed by atoms with Gasteiger partial charge in [-0.2, -0.15) is 5.10 Å². The monoisotopic (exact) mass is 255 g/mol. The van der Waals surface area contributed by atoms with Crippen molar-refractivity contribution in [3.05, 3.63) is 11.3 Å². The largest absolute Gasteiger partial charge is 0.328 e. The first-order chi connectivity index (χ1) is 7.95. The van der Waals surface area contributed by atoms with E-state index in [9.17, 15) is 0 Å². The minimum absolute atomic E-state index is 0.195. The van der Waals surface area contributed by atoms with Crippen LogP contribution in [0.25, 0.3) is 0 Å². The molecule has 3 nitrogen and oxygen atoms in total. The van der Waals surface area contributed by atoms with E-state index < -0.39 is 0 Å². The Bertz CT molecular complexity index is 358. The molecule has 0 aliphatic rings. The molecule has 0 saturated heterocycles. The molecule has 2 atom stereocenters. The Balaban J connectivity index is 2.81. The summed E-state index contributed by atoms with van der Waals surface area (Å²) in [6.45, 7) is 8.66. The van der Waals surface area contributed by atoms with Crippen molar-refractivity contribution in [3.63, 3.8) is 0 Å². The molecule has 0 radical (unpaired) electrons. The smallest absolute Gasteiger partial charge is 0.0972 e. The average molecular weight is 255 g/mol. The third-order valence-electron chi connectivity index (χ3n) is 3.02. The summed E-state index contributed by atoms with van der Waals surface area (Å²) in [5, 5.41) is 5.80. The van der Waals surface area contributed by atoms with Gasteiger partial charge in [0, 0.05) is 24.4 Å². The maximum Gasteiger partial charge on any atom is 0.0972 e. The van der Waals surface area contributed by atoms with Crippen molar-refractivity contribution in [1.29, 1.82) is 0 Å². The van der Waals surface area contributed by atoms with Crippen LogP contribution in [0.4, 0.5) is 0 Å². The van der Waals surface area contributed by atoms with Gasteiger partial charge in [-0.15, -0.1) is 11.8 Å². The van der Waals surface area contributed by atoms with Gasteiger partial charge in [-0.1, -0.05) is 20.3 Å². The lowest BCUT2D eigenvalue weighted by Crippen LogP contribution is -2.18. The van der Waals surface area contributed by atoms with E-state index in [-0.39, 0.29) is 6.04 Å². The van der Waals surface area contributed by atoms with Crippen LogP contribution in [0, 0.1) is 12.8 Å². The van der Waals surface area contributed by atoms with Crippen LogP contribution in [-0.4, -0.2) is 21.6 Å². The van der Waals surface area contributed by atoms with Gasteiger partial charge >= 0.3 is 0 Å². The van der Waals surface area contributed by atoms with Crippen molar-refractivity contribution in [1.82, 2.24) is 9.78 Å². The molecule has 17 heavy (non-hydrogen) atoms. The Kier molecular flexibility index (Phi) is 5.53. The van der Waals surface area contributed by atoms with Gasteiger partial charge in [-0.3, -0.25) is 4.68 Å². The van der Waals surface area contributed by atoms with Crippen molar-refractivity contribution in [2.24, 2.45) is 18.7 Å². The molecule has 1 rings (SSSR count). The van der Waals surface area contributed by atoms with Gasteiger partial charge < -0.3 is 5.73 Å². The van der Waals surface area contributed by atoms with Crippen LogP contribution in [-0.2, 0) is 13.5 Å². The minimum atomic E-state index is 0.195. The highest BCUT2D eigenvalue weighted by atomic mass is 32.2. The molecule has 1 aromatic rings. The zero-order valence-corrected chi connectivity index (χ0v) is 12.5. The second-order valence-electron chi connectivity index (χ2n) is 5.00. The minimum Gasteiger partial charge on any atom is -0.328 e. The lowest BCUT2D eigenvalue weighted by atomic mass is 10.1. The average Bonchev–Trinajstić information content (AvgIpc) is 2.50. The maximum absolute atomic E-state index is 5.91. The zero-order valence-electron chi connectivity index (χ0n) is 11.7. The molecular weight excluding hydrogens is 230 g/mol. The predicted octanol–water partition coefficient (Wildman–Crippen LogP) is 2.76. The quantitative estimate of drug-likeness (QED) is 0.795. The molecule has 0 amide bonds. The molecule has 1 heterocycles. The first-order valence-corrected chi connectivity index (χ1v) is 7.35. The fourth-order valence-corrected chi connectivity index (χ4v) is 3.07. The summed E-state index contributed by atoms with van der Waals surface area (Å²) >= 11 is 1.91. The SMILES string of the molecule is CCC(C)CSc1c(CC(C)N)c(C)nn1C. The molecule has 0 aromatic carbocycles. The highest BCUT2D eigenvalue weighted by molar-refractivity contribution is 7.99. The van der Waals surface area contributed by atoms with Gasteiger partial charge in [0.15, 0.2) is 0 Å². The topological polar surface area (TPSA) is 43.8 Å². The van der Waals surface area contributed by atoms with Crippen LogP contribution in [0.2, 0.25) is 0 Å². The third kappa shape index (κ3) is 4.03. The number of thioether (sulfide) groups is 1. The Morgan fingerprint density at radius 1 is 1.41 bits per heavy atom. The van der Waals surface area contributed by atoms with Crippen molar-refractivity contribution < 1.29 is 0 Å². The van der Waals surface area contributed by atoms with Gasteiger partial charge in [-0.05, 0) is 26.2 Å². The van der Waals surface area contributed by atoms with E-state index in [0.717, 1.165) is 23.8 Å². The summed E-state index contributed by atoms with van der Waals surface area (Å²) in [6.07, 6.45) is 2.15. The molecule has 2 unspecified atom stereocenters. The third-order valence-corrected chi connectivity index (χ3v) is 4.54. The number of nitrogens with zero attached hydrogens (tertiary/aromatic N) is 2. The number of rotatable bonds is 6. The van der Waals surface area contributed by atoms with Gasteiger partial charge in [0.05, 0.1) is 10.7 Å². The van der Waals surface area contributed by atoms with Crippen molar-refractivity contribution in [2.45, 2.75) is 51.6 Å². The number of nitrogens with two attached hydrogens (primary N) is 1. The lowest BCUT2D eigenvalue weighted by Gasteiger charge is -2.11. The fourth-order valence-electron chi connectivity index (χ4n) is 1.76. The van der Waals surface area contributed by atoms with Gasteiger partial charge in [0.2, 0.25) is 0 Å². The summed E-state index contributed by atoms with van der Waals surface area (Å²) in [4.78, 5) is 0. The van der Waals surface area contributed by atoms with E-state index in [4.69, 9.17) is 5.73 Å².